The maximum Gasteiger partial charge on any atom is 0.309 e. The van der Waals surface area contributed by atoms with Gasteiger partial charge in [0.25, 0.3) is 5.69 Å². The first-order valence-corrected chi connectivity index (χ1v) is 5.70. The zero-order chi connectivity index (χ0) is 13.3. The SMILES string of the molecule is CC(c1cccc([N+](=O)[O-])c1)N1CC(C(=O)O)C1. The molecule has 2 rings (SSSR count). The van der Waals surface area contributed by atoms with Crippen molar-refractivity contribution in [2.75, 3.05) is 13.1 Å². The fourth-order valence-electron chi connectivity index (χ4n) is 2.09. The van der Waals surface area contributed by atoms with Crippen LogP contribution in [0.5, 0.6) is 0 Å². The van der Waals surface area contributed by atoms with Gasteiger partial charge >= 0.3 is 5.97 Å². The molecule has 1 N–H and O–H groups in total. The van der Waals surface area contributed by atoms with Crippen LogP contribution in [0.4, 0.5) is 5.69 Å². The van der Waals surface area contributed by atoms with Gasteiger partial charge in [-0.25, -0.2) is 0 Å². The van der Waals surface area contributed by atoms with Crippen LogP contribution < -0.4 is 0 Å². The minimum absolute atomic E-state index is 0.000463. The number of carbonyl (C=O) groups is 1. The molecule has 0 aliphatic carbocycles. The van der Waals surface area contributed by atoms with Crippen molar-refractivity contribution >= 4 is 11.7 Å². The van der Waals surface area contributed by atoms with E-state index in [0.29, 0.717) is 13.1 Å². The molecule has 1 atom stereocenters. The highest BCUT2D eigenvalue weighted by Gasteiger charge is 2.35. The maximum atomic E-state index is 10.7. The zero-order valence-electron chi connectivity index (χ0n) is 9.94. The van der Waals surface area contributed by atoms with E-state index in [1.807, 2.05) is 17.9 Å². The largest absolute Gasteiger partial charge is 0.481 e. The number of benzene rings is 1. The summed E-state index contributed by atoms with van der Waals surface area (Å²) in [5.74, 6) is -1.09. The first-order valence-electron chi connectivity index (χ1n) is 5.70. The molecule has 96 valence electrons. The molecule has 1 aliphatic rings. The quantitative estimate of drug-likeness (QED) is 0.649. The van der Waals surface area contributed by atoms with Crippen LogP contribution in [0, 0.1) is 16.0 Å². The Hall–Kier alpha value is -1.95. The van der Waals surface area contributed by atoms with Gasteiger partial charge in [0.15, 0.2) is 0 Å². The molecule has 0 spiro atoms. The first kappa shape index (κ1) is 12.5. The molecule has 1 fully saturated rings. The van der Waals surface area contributed by atoms with E-state index in [0.717, 1.165) is 5.56 Å². The average Bonchev–Trinajstić information content (AvgIpc) is 2.26. The third-order valence-corrected chi connectivity index (χ3v) is 3.37. The predicted molar refractivity (Wildman–Crippen MR) is 64.2 cm³/mol. The van der Waals surface area contributed by atoms with Crippen LogP contribution in [0.15, 0.2) is 24.3 Å². The number of nitrogens with zero attached hydrogens (tertiary/aromatic N) is 2. The molecule has 1 saturated heterocycles. The number of likely N-dealkylation sites (tertiary alicyclic amines) is 1. The van der Waals surface area contributed by atoms with Crippen LogP contribution in [-0.4, -0.2) is 34.0 Å². The Morgan fingerprint density at radius 3 is 2.78 bits per heavy atom. The Kier molecular flexibility index (Phi) is 3.29. The minimum Gasteiger partial charge on any atom is -0.481 e. The van der Waals surface area contributed by atoms with E-state index in [1.54, 1.807) is 12.1 Å². The summed E-state index contributed by atoms with van der Waals surface area (Å²) >= 11 is 0. The van der Waals surface area contributed by atoms with Crippen molar-refractivity contribution in [1.29, 1.82) is 0 Å². The molecule has 0 saturated carbocycles. The lowest BCUT2D eigenvalue weighted by atomic mass is 9.95. The Morgan fingerprint density at radius 1 is 1.56 bits per heavy atom. The van der Waals surface area contributed by atoms with Gasteiger partial charge in [-0.2, -0.15) is 0 Å². The second-order valence-corrected chi connectivity index (χ2v) is 4.52. The molecular formula is C12H14N2O4. The topological polar surface area (TPSA) is 83.7 Å². The summed E-state index contributed by atoms with van der Waals surface area (Å²) in [5, 5.41) is 19.5. The summed E-state index contributed by atoms with van der Waals surface area (Å²) in [5.41, 5.74) is 0.905. The summed E-state index contributed by atoms with van der Waals surface area (Å²) in [6.45, 7) is 2.93. The van der Waals surface area contributed by atoms with Crippen molar-refractivity contribution in [3.63, 3.8) is 0 Å². The van der Waals surface area contributed by atoms with Crippen molar-refractivity contribution in [2.24, 2.45) is 5.92 Å². The zero-order valence-corrected chi connectivity index (χ0v) is 9.94. The van der Waals surface area contributed by atoms with Crippen molar-refractivity contribution in [1.82, 2.24) is 4.90 Å². The second-order valence-electron chi connectivity index (χ2n) is 4.52. The monoisotopic (exact) mass is 250 g/mol. The minimum atomic E-state index is -0.780. The average molecular weight is 250 g/mol. The van der Waals surface area contributed by atoms with Gasteiger partial charge in [-0.15, -0.1) is 0 Å². The summed E-state index contributed by atoms with van der Waals surface area (Å²) < 4.78 is 0. The molecule has 6 nitrogen and oxygen atoms in total. The second kappa shape index (κ2) is 4.73. The smallest absolute Gasteiger partial charge is 0.309 e. The highest BCUT2D eigenvalue weighted by Crippen LogP contribution is 2.29. The fraction of sp³-hybridized carbons (Fsp3) is 0.417. The summed E-state index contributed by atoms with van der Waals surface area (Å²) in [4.78, 5) is 23.0. The lowest BCUT2D eigenvalue weighted by molar-refractivity contribution is -0.385. The predicted octanol–water partition coefficient (Wildman–Crippen LogP) is 1.67. The van der Waals surface area contributed by atoms with Crippen molar-refractivity contribution < 1.29 is 14.8 Å². The Balaban J connectivity index is 2.06. The molecule has 1 aromatic carbocycles. The van der Waals surface area contributed by atoms with Crippen LogP contribution in [0.1, 0.15) is 18.5 Å². The van der Waals surface area contributed by atoms with E-state index in [2.05, 4.69) is 0 Å². The molecule has 1 unspecified atom stereocenters. The van der Waals surface area contributed by atoms with Gasteiger partial charge in [0.05, 0.1) is 10.8 Å². The number of carboxylic acid groups (broad SMARTS) is 1. The Bertz CT molecular complexity index is 483. The lowest BCUT2D eigenvalue weighted by Crippen LogP contribution is -2.51. The van der Waals surface area contributed by atoms with Gasteiger partial charge in [-0.1, -0.05) is 12.1 Å². The Morgan fingerprint density at radius 2 is 2.22 bits per heavy atom. The number of non-ortho nitro benzene ring substituents is 1. The highest BCUT2D eigenvalue weighted by molar-refractivity contribution is 5.71. The molecule has 1 aliphatic heterocycles. The van der Waals surface area contributed by atoms with Gasteiger partial charge in [0, 0.05) is 31.3 Å². The number of aliphatic carboxylic acids is 1. The fourth-order valence-corrected chi connectivity index (χ4v) is 2.09. The van der Waals surface area contributed by atoms with Gasteiger partial charge in [-0.05, 0) is 12.5 Å². The molecule has 6 heteroatoms. The summed E-state index contributed by atoms with van der Waals surface area (Å²) in [6, 6.07) is 6.47. The van der Waals surface area contributed by atoms with Crippen LogP contribution in [-0.2, 0) is 4.79 Å². The van der Waals surface area contributed by atoms with E-state index in [9.17, 15) is 14.9 Å². The number of nitro benzene ring substituents is 1. The van der Waals surface area contributed by atoms with Crippen molar-refractivity contribution in [3.05, 3.63) is 39.9 Å². The van der Waals surface area contributed by atoms with Crippen LogP contribution >= 0.6 is 0 Å². The van der Waals surface area contributed by atoms with Gasteiger partial charge in [-0.3, -0.25) is 19.8 Å². The molecule has 18 heavy (non-hydrogen) atoms. The highest BCUT2D eigenvalue weighted by atomic mass is 16.6. The molecule has 0 bridgehead atoms. The Labute approximate surface area is 104 Å². The van der Waals surface area contributed by atoms with Crippen LogP contribution in [0.2, 0.25) is 0 Å². The van der Waals surface area contributed by atoms with Gasteiger partial charge in [0.2, 0.25) is 0 Å². The van der Waals surface area contributed by atoms with Crippen molar-refractivity contribution in [2.45, 2.75) is 13.0 Å². The molecule has 0 amide bonds. The number of hydrogen-bond donors (Lipinski definition) is 1. The molecule has 0 aromatic heterocycles. The van der Waals surface area contributed by atoms with E-state index >= 15 is 0 Å². The van der Waals surface area contributed by atoms with Gasteiger partial charge in [0.1, 0.15) is 0 Å². The maximum absolute atomic E-state index is 10.7. The number of hydrogen-bond acceptors (Lipinski definition) is 4. The number of nitro groups is 1. The van der Waals surface area contributed by atoms with Crippen LogP contribution in [0.25, 0.3) is 0 Å². The van der Waals surface area contributed by atoms with E-state index < -0.39 is 10.9 Å². The molecule has 1 aromatic rings. The van der Waals surface area contributed by atoms with E-state index in [1.165, 1.54) is 6.07 Å². The first-order chi connectivity index (χ1) is 8.49. The summed E-state index contributed by atoms with van der Waals surface area (Å²) in [7, 11) is 0. The molecule has 1 heterocycles. The van der Waals surface area contributed by atoms with E-state index in [-0.39, 0.29) is 17.6 Å². The normalized spacial score (nSPS) is 18.1. The van der Waals surface area contributed by atoms with Crippen molar-refractivity contribution in [3.8, 4) is 0 Å². The van der Waals surface area contributed by atoms with Gasteiger partial charge < -0.3 is 5.11 Å². The number of carboxylic acids is 1. The third kappa shape index (κ3) is 2.33. The molecule has 0 radical (unpaired) electrons. The van der Waals surface area contributed by atoms with Crippen LogP contribution in [0.3, 0.4) is 0 Å². The number of rotatable bonds is 4. The summed E-state index contributed by atoms with van der Waals surface area (Å²) in [6.07, 6.45) is 0. The molecular weight excluding hydrogens is 236 g/mol. The van der Waals surface area contributed by atoms with E-state index in [4.69, 9.17) is 5.11 Å². The standard InChI is InChI=1S/C12H14N2O4/c1-8(13-6-10(7-13)12(15)16)9-3-2-4-11(5-9)14(17)18/h2-5,8,10H,6-7H2,1H3,(H,15,16). The lowest BCUT2D eigenvalue weighted by Gasteiger charge is -2.41. The third-order valence-electron chi connectivity index (χ3n) is 3.37.